The van der Waals surface area contributed by atoms with Crippen molar-refractivity contribution in [2.75, 3.05) is 0 Å². The number of carboxylic acid groups (broad SMARTS) is 1. The van der Waals surface area contributed by atoms with Gasteiger partial charge in [-0.2, -0.15) is 0 Å². The standard InChI is InChI=1S/C21H36O5/c1-3-4-5-6-7-8-9-10-11-12-18(22)14-16-20(24)19(23)15-13-17(2)21(25)26/h7-8,10-11,14,16-20,22-24H,3-6,9,12-13,15H2,1-2H3,(H,25,26)/b8-7-,11-10-,16-14+. The Hall–Kier alpha value is -1.43. The molecule has 0 saturated heterocycles. The van der Waals surface area contributed by atoms with Gasteiger partial charge in [-0.25, -0.2) is 0 Å². The number of hydrogen-bond donors (Lipinski definition) is 4. The third-order valence-corrected chi connectivity index (χ3v) is 4.20. The number of carbonyl (C=O) groups is 1. The minimum atomic E-state index is -1.11. The van der Waals surface area contributed by atoms with Gasteiger partial charge in [-0.05, 0) is 38.5 Å². The van der Waals surface area contributed by atoms with Crippen molar-refractivity contribution in [3.8, 4) is 0 Å². The summed E-state index contributed by atoms with van der Waals surface area (Å²) in [5.41, 5.74) is 0. The van der Waals surface area contributed by atoms with Crippen LogP contribution in [0.3, 0.4) is 0 Å². The van der Waals surface area contributed by atoms with Crippen LogP contribution < -0.4 is 0 Å². The second kappa shape index (κ2) is 15.8. The Labute approximate surface area is 157 Å². The van der Waals surface area contributed by atoms with Gasteiger partial charge in [0.25, 0.3) is 0 Å². The molecule has 150 valence electrons. The summed E-state index contributed by atoms with van der Waals surface area (Å²) < 4.78 is 0. The number of hydrogen-bond acceptors (Lipinski definition) is 4. The lowest BCUT2D eigenvalue weighted by atomic mass is 10.00. The molecule has 0 heterocycles. The van der Waals surface area contributed by atoms with Crippen molar-refractivity contribution in [2.24, 2.45) is 5.92 Å². The van der Waals surface area contributed by atoms with E-state index in [2.05, 4.69) is 19.1 Å². The minimum Gasteiger partial charge on any atom is -0.481 e. The first-order chi connectivity index (χ1) is 12.4. The van der Waals surface area contributed by atoms with E-state index in [0.717, 1.165) is 12.8 Å². The molecule has 0 radical (unpaired) electrons. The molecular weight excluding hydrogens is 332 g/mol. The summed E-state index contributed by atoms with van der Waals surface area (Å²) in [6.07, 6.45) is 14.7. The average Bonchev–Trinajstić information content (AvgIpc) is 2.62. The van der Waals surface area contributed by atoms with Gasteiger partial charge in [-0.15, -0.1) is 0 Å². The van der Waals surface area contributed by atoms with Crippen molar-refractivity contribution in [3.05, 3.63) is 36.5 Å². The molecule has 4 N–H and O–H groups in total. The molecule has 4 unspecified atom stereocenters. The van der Waals surface area contributed by atoms with Crippen LogP contribution >= 0.6 is 0 Å². The first-order valence-corrected chi connectivity index (χ1v) is 9.63. The van der Waals surface area contributed by atoms with E-state index in [0.29, 0.717) is 12.8 Å². The number of aliphatic hydroxyl groups is 3. The lowest BCUT2D eigenvalue weighted by Crippen LogP contribution is -2.25. The second-order valence-corrected chi connectivity index (χ2v) is 6.74. The fraction of sp³-hybridized carbons (Fsp3) is 0.667. The summed E-state index contributed by atoms with van der Waals surface area (Å²) in [5, 5.41) is 38.3. The van der Waals surface area contributed by atoms with Crippen LogP contribution in [-0.2, 0) is 4.79 Å². The summed E-state index contributed by atoms with van der Waals surface area (Å²) in [6, 6.07) is 0. The quantitative estimate of drug-likeness (QED) is 0.261. The van der Waals surface area contributed by atoms with Gasteiger partial charge in [-0.3, -0.25) is 4.79 Å². The fourth-order valence-corrected chi connectivity index (χ4v) is 2.30. The maximum absolute atomic E-state index is 10.7. The summed E-state index contributed by atoms with van der Waals surface area (Å²) in [4.78, 5) is 10.7. The third-order valence-electron chi connectivity index (χ3n) is 4.20. The monoisotopic (exact) mass is 368 g/mol. The van der Waals surface area contributed by atoms with E-state index in [4.69, 9.17) is 5.11 Å². The van der Waals surface area contributed by atoms with Crippen LogP contribution in [-0.4, -0.2) is 44.7 Å². The van der Waals surface area contributed by atoms with Gasteiger partial charge in [0.05, 0.1) is 24.2 Å². The van der Waals surface area contributed by atoms with Gasteiger partial charge in [-0.1, -0.05) is 63.1 Å². The van der Waals surface area contributed by atoms with E-state index < -0.39 is 30.2 Å². The van der Waals surface area contributed by atoms with Crippen LogP contribution in [0, 0.1) is 5.92 Å². The van der Waals surface area contributed by atoms with Crippen LogP contribution in [0.1, 0.15) is 65.2 Å². The molecule has 4 atom stereocenters. The van der Waals surface area contributed by atoms with Crippen LogP contribution in [0.4, 0.5) is 0 Å². The number of carboxylic acids is 1. The van der Waals surface area contributed by atoms with Crippen LogP contribution in [0.25, 0.3) is 0 Å². The van der Waals surface area contributed by atoms with E-state index in [-0.39, 0.29) is 6.42 Å². The van der Waals surface area contributed by atoms with E-state index in [1.807, 2.05) is 12.2 Å². The van der Waals surface area contributed by atoms with E-state index in [9.17, 15) is 20.1 Å². The predicted molar refractivity (Wildman–Crippen MR) is 105 cm³/mol. The Kier molecular flexibility index (Phi) is 14.9. The molecule has 0 aromatic rings. The van der Waals surface area contributed by atoms with Crippen molar-refractivity contribution in [2.45, 2.75) is 83.5 Å². The summed E-state index contributed by atoms with van der Waals surface area (Å²) >= 11 is 0. The summed E-state index contributed by atoms with van der Waals surface area (Å²) in [6.45, 7) is 3.75. The minimum absolute atomic E-state index is 0.194. The molecule has 0 aromatic carbocycles. The molecule has 5 nitrogen and oxygen atoms in total. The molecule has 0 bridgehead atoms. The van der Waals surface area contributed by atoms with Gasteiger partial charge in [0.2, 0.25) is 0 Å². The number of unbranched alkanes of at least 4 members (excludes halogenated alkanes) is 3. The third kappa shape index (κ3) is 13.8. The molecule has 5 heteroatoms. The summed E-state index contributed by atoms with van der Waals surface area (Å²) in [7, 11) is 0. The normalized spacial score (nSPS) is 17.1. The van der Waals surface area contributed by atoms with Crippen molar-refractivity contribution in [1.29, 1.82) is 0 Å². The molecule has 0 aliphatic carbocycles. The number of rotatable bonds is 15. The average molecular weight is 369 g/mol. The summed E-state index contributed by atoms with van der Waals surface area (Å²) in [5.74, 6) is -1.47. The first-order valence-electron chi connectivity index (χ1n) is 9.63. The Morgan fingerprint density at radius 3 is 2.31 bits per heavy atom. The molecular formula is C21H36O5. The van der Waals surface area contributed by atoms with Crippen molar-refractivity contribution in [1.82, 2.24) is 0 Å². The van der Waals surface area contributed by atoms with Crippen molar-refractivity contribution < 1.29 is 25.2 Å². The SMILES string of the molecule is CCCCC/C=C\C/C=C\CC(O)/C=C/C(O)C(O)CCC(C)C(=O)O. The maximum Gasteiger partial charge on any atom is 0.306 e. The van der Waals surface area contributed by atoms with Crippen LogP contribution in [0.5, 0.6) is 0 Å². The predicted octanol–water partition coefficient (Wildman–Crippen LogP) is 3.60. The highest BCUT2D eigenvalue weighted by Gasteiger charge is 2.17. The molecule has 0 aliphatic heterocycles. The number of aliphatic carboxylic acids is 1. The highest BCUT2D eigenvalue weighted by molar-refractivity contribution is 5.69. The molecule has 0 saturated carbocycles. The maximum atomic E-state index is 10.7. The Bertz CT molecular complexity index is 442. The molecule has 0 fully saturated rings. The topological polar surface area (TPSA) is 98.0 Å². The van der Waals surface area contributed by atoms with E-state index in [1.54, 1.807) is 6.92 Å². The largest absolute Gasteiger partial charge is 0.481 e. The highest BCUT2D eigenvalue weighted by Crippen LogP contribution is 2.12. The Morgan fingerprint density at radius 1 is 0.962 bits per heavy atom. The number of allylic oxidation sites excluding steroid dienone is 3. The highest BCUT2D eigenvalue weighted by atomic mass is 16.4. The molecule has 0 aromatic heterocycles. The van der Waals surface area contributed by atoms with Gasteiger partial charge in [0.15, 0.2) is 0 Å². The van der Waals surface area contributed by atoms with Gasteiger partial charge >= 0.3 is 5.97 Å². The van der Waals surface area contributed by atoms with Gasteiger partial charge in [0.1, 0.15) is 0 Å². The lowest BCUT2D eigenvalue weighted by Gasteiger charge is -2.16. The van der Waals surface area contributed by atoms with Crippen molar-refractivity contribution >= 4 is 5.97 Å². The second-order valence-electron chi connectivity index (χ2n) is 6.74. The first kappa shape index (κ1) is 24.6. The molecule has 0 rings (SSSR count). The van der Waals surface area contributed by atoms with E-state index in [1.165, 1.54) is 31.4 Å². The van der Waals surface area contributed by atoms with Crippen molar-refractivity contribution in [3.63, 3.8) is 0 Å². The fourth-order valence-electron chi connectivity index (χ4n) is 2.30. The van der Waals surface area contributed by atoms with Crippen LogP contribution in [0.15, 0.2) is 36.5 Å². The van der Waals surface area contributed by atoms with Gasteiger partial charge < -0.3 is 20.4 Å². The van der Waals surface area contributed by atoms with Crippen LogP contribution in [0.2, 0.25) is 0 Å². The zero-order valence-electron chi connectivity index (χ0n) is 16.1. The smallest absolute Gasteiger partial charge is 0.306 e. The zero-order valence-corrected chi connectivity index (χ0v) is 16.1. The molecule has 26 heavy (non-hydrogen) atoms. The molecule has 0 spiro atoms. The number of aliphatic hydroxyl groups excluding tert-OH is 3. The molecule has 0 aliphatic rings. The van der Waals surface area contributed by atoms with Gasteiger partial charge in [0, 0.05) is 0 Å². The lowest BCUT2D eigenvalue weighted by molar-refractivity contribution is -0.141. The molecule has 0 amide bonds. The zero-order chi connectivity index (χ0) is 19.8. The Balaban J connectivity index is 3.97. The van der Waals surface area contributed by atoms with E-state index >= 15 is 0 Å². The Morgan fingerprint density at radius 2 is 1.65 bits per heavy atom.